The first kappa shape index (κ1) is 21.0. The SMILES string of the molecule is COc1cc(OC)cc(C(=O)NNC(=O)CCCCN2C(=O)CSC2=S)c1. The number of hydrogen-bond acceptors (Lipinski definition) is 7. The fourth-order valence-corrected chi connectivity index (χ4v) is 3.47. The maximum Gasteiger partial charge on any atom is 0.269 e. The molecule has 8 nitrogen and oxygen atoms in total. The second kappa shape index (κ2) is 10.1. The molecule has 0 saturated carbocycles. The summed E-state index contributed by atoms with van der Waals surface area (Å²) in [6.07, 6.45) is 1.45. The van der Waals surface area contributed by atoms with Gasteiger partial charge in [-0.2, -0.15) is 0 Å². The van der Waals surface area contributed by atoms with Crippen molar-refractivity contribution in [2.45, 2.75) is 19.3 Å². The second-order valence-electron chi connectivity index (χ2n) is 5.66. The van der Waals surface area contributed by atoms with Gasteiger partial charge in [-0.25, -0.2) is 0 Å². The number of methoxy groups -OCH3 is 2. The van der Waals surface area contributed by atoms with E-state index in [4.69, 9.17) is 21.7 Å². The van der Waals surface area contributed by atoms with Crippen LogP contribution in [0.3, 0.4) is 0 Å². The molecule has 1 fully saturated rings. The minimum absolute atomic E-state index is 0.00966. The Morgan fingerprint density at radius 2 is 1.81 bits per heavy atom. The molecule has 27 heavy (non-hydrogen) atoms. The van der Waals surface area contributed by atoms with Crippen molar-refractivity contribution >= 4 is 46.0 Å². The minimum atomic E-state index is -0.481. The molecule has 0 aromatic heterocycles. The van der Waals surface area contributed by atoms with Gasteiger partial charge in [-0.05, 0) is 25.0 Å². The van der Waals surface area contributed by atoms with E-state index in [2.05, 4.69) is 10.9 Å². The zero-order valence-electron chi connectivity index (χ0n) is 15.1. The van der Waals surface area contributed by atoms with E-state index in [1.54, 1.807) is 11.0 Å². The largest absolute Gasteiger partial charge is 0.497 e. The first-order valence-corrected chi connectivity index (χ1v) is 9.63. The third kappa shape index (κ3) is 6.10. The molecule has 1 aromatic rings. The summed E-state index contributed by atoms with van der Waals surface area (Å²) in [5.74, 6) is 0.543. The zero-order valence-corrected chi connectivity index (χ0v) is 16.7. The maximum absolute atomic E-state index is 12.2. The average molecular weight is 412 g/mol. The van der Waals surface area contributed by atoms with Gasteiger partial charge >= 0.3 is 0 Å². The lowest BCUT2D eigenvalue weighted by Crippen LogP contribution is -2.41. The summed E-state index contributed by atoms with van der Waals surface area (Å²) in [4.78, 5) is 37.2. The topological polar surface area (TPSA) is 97.0 Å². The number of nitrogens with one attached hydrogen (secondary N) is 2. The van der Waals surface area contributed by atoms with Crippen molar-refractivity contribution in [2.75, 3.05) is 26.5 Å². The molecular formula is C17H21N3O5S2. The van der Waals surface area contributed by atoms with Crippen molar-refractivity contribution in [1.82, 2.24) is 15.8 Å². The Bertz CT molecular complexity index is 703. The van der Waals surface area contributed by atoms with Crippen LogP contribution in [-0.2, 0) is 9.59 Å². The summed E-state index contributed by atoms with van der Waals surface area (Å²) in [7, 11) is 2.97. The van der Waals surface area contributed by atoms with Crippen LogP contribution < -0.4 is 20.3 Å². The molecule has 10 heteroatoms. The lowest BCUT2D eigenvalue weighted by molar-refractivity contribution is -0.124. The molecule has 1 saturated heterocycles. The van der Waals surface area contributed by atoms with E-state index in [0.717, 1.165) is 0 Å². The number of unbranched alkanes of at least 4 members (excludes halogenated alkanes) is 1. The van der Waals surface area contributed by atoms with Crippen LogP contribution in [0.1, 0.15) is 29.6 Å². The van der Waals surface area contributed by atoms with E-state index < -0.39 is 5.91 Å². The van der Waals surface area contributed by atoms with E-state index in [1.165, 1.54) is 38.1 Å². The van der Waals surface area contributed by atoms with Gasteiger partial charge in [-0.3, -0.25) is 30.1 Å². The number of hydrazine groups is 1. The molecule has 0 atom stereocenters. The molecule has 0 spiro atoms. The number of thioether (sulfide) groups is 1. The van der Waals surface area contributed by atoms with Crippen LogP contribution in [0.5, 0.6) is 11.5 Å². The number of carbonyl (C=O) groups is 3. The van der Waals surface area contributed by atoms with Gasteiger partial charge in [0.25, 0.3) is 5.91 Å². The van der Waals surface area contributed by atoms with Crippen molar-refractivity contribution in [3.8, 4) is 11.5 Å². The zero-order chi connectivity index (χ0) is 19.8. The van der Waals surface area contributed by atoms with Gasteiger partial charge in [0.2, 0.25) is 11.8 Å². The summed E-state index contributed by atoms with van der Waals surface area (Å²) < 4.78 is 10.8. The molecule has 3 amide bonds. The number of thiocarbonyl (C=S) groups is 1. The number of amides is 3. The quantitative estimate of drug-likeness (QED) is 0.380. The Labute approximate surface area is 166 Å². The molecule has 146 valence electrons. The van der Waals surface area contributed by atoms with Crippen LogP contribution in [0.15, 0.2) is 18.2 Å². The number of rotatable bonds is 8. The second-order valence-corrected chi connectivity index (χ2v) is 7.27. The van der Waals surface area contributed by atoms with Crippen LogP contribution in [0.2, 0.25) is 0 Å². The minimum Gasteiger partial charge on any atom is -0.497 e. The lowest BCUT2D eigenvalue weighted by atomic mass is 10.2. The van der Waals surface area contributed by atoms with Crippen molar-refractivity contribution in [1.29, 1.82) is 0 Å². The van der Waals surface area contributed by atoms with Crippen LogP contribution in [0, 0.1) is 0 Å². The molecule has 0 bridgehead atoms. The van der Waals surface area contributed by atoms with Gasteiger partial charge in [0.15, 0.2) is 0 Å². The number of hydrogen-bond donors (Lipinski definition) is 2. The van der Waals surface area contributed by atoms with Crippen LogP contribution in [0.4, 0.5) is 0 Å². The first-order chi connectivity index (χ1) is 12.9. The van der Waals surface area contributed by atoms with E-state index >= 15 is 0 Å². The Morgan fingerprint density at radius 3 is 2.37 bits per heavy atom. The number of benzene rings is 1. The fraction of sp³-hybridized carbons (Fsp3) is 0.412. The highest BCUT2D eigenvalue weighted by Crippen LogP contribution is 2.22. The predicted molar refractivity (Wildman–Crippen MR) is 106 cm³/mol. The highest BCUT2D eigenvalue weighted by atomic mass is 32.2. The molecular weight excluding hydrogens is 390 g/mol. The van der Waals surface area contributed by atoms with Crippen molar-refractivity contribution in [2.24, 2.45) is 0 Å². The monoisotopic (exact) mass is 411 g/mol. The summed E-state index contributed by atoms with van der Waals surface area (Å²) in [6, 6.07) is 4.72. The van der Waals surface area contributed by atoms with Crippen molar-refractivity contribution in [3.63, 3.8) is 0 Å². The highest BCUT2D eigenvalue weighted by molar-refractivity contribution is 8.23. The molecule has 0 aliphatic carbocycles. The van der Waals surface area contributed by atoms with E-state index in [9.17, 15) is 14.4 Å². The van der Waals surface area contributed by atoms with Crippen LogP contribution in [0.25, 0.3) is 0 Å². The first-order valence-electron chi connectivity index (χ1n) is 8.24. The summed E-state index contributed by atoms with van der Waals surface area (Å²) in [5.41, 5.74) is 5.03. The summed E-state index contributed by atoms with van der Waals surface area (Å²) in [6.45, 7) is 0.508. The van der Waals surface area contributed by atoms with Gasteiger partial charge in [-0.15, -0.1) is 0 Å². The standard InChI is InChI=1S/C17H21N3O5S2/c1-24-12-7-11(8-13(9-12)25-2)16(23)19-18-14(21)5-3-4-6-20-15(22)10-27-17(20)26/h7-9H,3-6,10H2,1-2H3,(H,18,21)(H,19,23). The molecule has 0 unspecified atom stereocenters. The summed E-state index contributed by atoms with van der Waals surface area (Å²) in [5, 5.41) is 0. The van der Waals surface area contributed by atoms with E-state index in [1.807, 2.05) is 0 Å². The molecule has 2 N–H and O–H groups in total. The molecule has 0 radical (unpaired) electrons. The van der Waals surface area contributed by atoms with Gasteiger partial charge in [0.1, 0.15) is 15.8 Å². The van der Waals surface area contributed by atoms with Gasteiger partial charge in [0, 0.05) is 24.6 Å². The molecule has 1 aliphatic rings. The van der Waals surface area contributed by atoms with Crippen molar-refractivity contribution in [3.05, 3.63) is 23.8 Å². The van der Waals surface area contributed by atoms with E-state index in [-0.39, 0.29) is 18.2 Å². The number of nitrogens with zero attached hydrogens (tertiary/aromatic N) is 1. The third-order valence-corrected chi connectivity index (χ3v) is 5.24. The highest BCUT2D eigenvalue weighted by Gasteiger charge is 2.25. The van der Waals surface area contributed by atoms with Gasteiger partial charge in [0.05, 0.1) is 20.0 Å². The smallest absolute Gasteiger partial charge is 0.269 e. The maximum atomic E-state index is 12.2. The average Bonchev–Trinajstić information content (AvgIpc) is 3.00. The Kier molecular flexibility index (Phi) is 7.86. The molecule has 1 aliphatic heterocycles. The van der Waals surface area contributed by atoms with Crippen LogP contribution in [-0.4, -0.2) is 53.5 Å². The summed E-state index contributed by atoms with van der Waals surface area (Å²) >= 11 is 6.45. The van der Waals surface area contributed by atoms with Gasteiger partial charge < -0.3 is 9.47 Å². The predicted octanol–water partition coefficient (Wildman–Crippen LogP) is 1.50. The molecule has 1 heterocycles. The molecule has 1 aromatic carbocycles. The van der Waals surface area contributed by atoms with Crippen LogP contribution >= 0.6 is 24.0 Å². The number of ether oxygens (including phenoxy) is 2. The Hall–Kier alpha value is -2.33. The Balaban J connectivity index is 1.73. The third-order valence-electron chi connectivity index (χ3n) is 3.81. The van der Waals surface area contributed by atoms with Gasteiger partial charge in [-0.1, -0.05) is 24.0 Å². The van der Waals surface area contributed by atoms with Crippen molar-refractivity contribution < 1.29 is 23.9 Å². The lowest BCUT2D eigenvalue weighted by Gasteiger charge is -2.14. The normalized spacial score (nSPS) is 13.5. The fourth-order valence-electron chi connectivity index (χ4n) is 2.35. The Morgan fingerprint density at radius 1 is 1.15 bits per heavy atom. The molecule has 2 rings (SSSR count). The number of carbonyl (C=O) groups excluding carboxylic acids is 3. The van der Waals surface area contributed by atoms with E-state index in [0.29, 0.717) is 46.5 Å².